The van der Waals surface area contributed by atoms with Gasteiger partial charge in [-0.25, -0.2) is 0 Å². The predicted molar refractivity (Wildman–Crippen MR) is 124 cm³/mol. The van der Waals surface area contributed by atoms with E-state index in [0.717, 1.165) is 45.1 Å². The molecule has 0 saturated carbocycles. The number of carbonyl (C=O) groups excluding carboxylic acids is 1. The van der Waals surface area contributed by atoms with E-state index in [9.17, 15) is 4.79 Å². The number of hydrogen-bond donors (Lipinski definition) is 2. The third-order valence-corrected chi connectivity index (χ3v) is 5.85. The fourth-order valence-corrected chi connectivity index (χ4v) is 3.77. The van der Waals surface area contributed by atoms with Crippen LogP contribution in [0.15, 0.2) is 48.5 Å². The summed E-state index contributed by atoms with van der Waals surface area (Å²) < 4.78 is 5.41. The van der Waals surface area contributed by atoms with Crippen LogP contribution in [0.2, 0.25) is 0 Å². The molecule has 162 valence electrons. The maximum absolute atomic E-state index is 12.9. The third-order valence-electron chi connectivity index (χ3n) is 5.85. The highest BCUT2D eigenvalue weighted by molar-refractivity contribution is 5.93. The molecule has 0 radical (unpaired) electrons. The summed E-state index contributed by atoms with van der Waals surface area (Å²) in [5.74, 6) is 0.0517. The van der Waals surface area contributed by atoms with Crippen LogP contribution >= 0.6 is 0 Å². The molecule has 1 aliphatic rings. The van der Waals surface area contributed by atoms with Gasteiger partial charge < -0.3 is 24.8 Å². The molecule has 1 unspecified atom stereocenters. The SMILES string of the molecule is CC[NH+](Cc1ccc(N(C)C)cc1)[C@@H](C)C(=O)Nc1ccc(N2CCOCC2)cc1. The zero-order chi connectivity index (χ0) is 21.5. The van der Waals surface area contributed by atoms with Crippen molar-refractivity contribution in [1.29, 1.82) is 0 Å². The van der Waals surface area contributed by atoms with E-state index < -0.39 is 0 Å². The van der Waals surface area contributed by atoms with Gasteiger partial charge in [-0.3, -0.25) is 4.79 Å². The first kappa shape index (κ1) is 22.1. The smallest absolute Gasteiger partial charge is 0.282 e. The number of hydrogen-bond acceptors (Lipinski definition) is 4. The minimum Gasteiger partial charge on any atom is -0.378 e. The van der Waals surface area contributed by atoms with Crippen LogP contribution in [-0.2, 0) is 16.1 Å². The molecule has 0 aliphatic carbocycles. The molecular formula is C24H35N4O2+. The summed E-state index contributed by atoms with van der Waals surface area (Å²) >= 11 is 0. The number of morpholine rings is 1. The molecule has 6 nitrogen and oxygen atoms in total. The van der Waals surface area contributed by atoms with Gasteiger partial charge in [-0.1, -0.05) is 12.1 Å². The van der Waals surface area contributed by atoms with Crippen LogP contribution < -0.4 is 20.0 Å². The summed E-state index contributed by atoms with van der Waals surface area (Å²) in [5.41, 5.74) is 4.44. The van der Waals surface area contributed by atoms with Crippen molar-refractivity contribution in [2.45, 2.75) is 26.4 Å². The van der Waals surface area contributed by atoms with Gasteiger partial charge in [0, 0.05) is 49.8 Å². The molecule has 6 heteroatoms. The first-order valence-corrected chi connectivity index (χ1v) is 10.8. The highest BCUT2D eigenvalue weighted by atomic mass is 16.5. The normalized spacial score (nSPS) is 16.1. The standard InChI is InChI=1S/C24H34N4O2/c1-5-27(18-20-6-10-22(11-7-20)26(3)4)19(2)24(29)25-21-8-12-23(13-9-21)28-14-16-30-17-15-28/h6-13,19H,5,14-18H2,1-4H3,(H,25,29)/p+1/t19-/m0/s1. The second-order valence-electron chi connectivity index (χ2n) is 8.11. The number of amides is 1. The van der Waals surface area contributed by atoms with Crippen molar-refractivity contribution < 1.29 is 14.4 Å². The van der Waals surface area contributed by atoms with Gasteiger partial charge in [0.2, 0.25) is 0 Å². The molecule has 1 fully saturated rings. The van der Waals surface area contributed by atoms with E-state index in [-0.39, 0.29) is 11.9 Å². The van der Waals surface area contributed by atoms with Gasteiger partial charge in [-0.15, -0.1) is 0 Å². The van der Waals surface area contributed by atoms with Crippen molar-refractivity contribution in [2.75, 3.05) is 62.1 Å². The highest BCUT2D eigenvalue weighted by Gasteiger charge is 2.24. The van der Waals surface area contributed by atoms with Crippen LogP contribution in [0, 0.1) is 0 Å². The van der Waals surface area contributed by atoms with Crippen LogP contribution in [0.5, 0.6) is 0 Å². The zero-order valence-electron chi connectivity index (χ0n) is 18.6. The Bertz CT molecular complexity index is 799. The molecule has 1 saturated heterocycles. The minimum absolute atomic E-state index is 0.0517. The van der Waals surface area contributed by atoms with Crippen LogP contribution in [0.25, 0.3) is 0 Å². The van der Waals surface area contributed by atoms with E-state index in [1.165, 1.54) is 21.8 Å². The van der Waals surface area contributed by atoms with Gasteiger partial charge >= 0.3 is 0 Å². The van der Waals surface area contributed by atoms with Gasteiger partial charge in [0.05, 0.1) is 19.8 Å². The maximum atomic E-state index is 12.9. The van der Waals surface area contributed by atoms with E-state index in [1.807, 2.05) is 33.2 Å². The molecule has 1 heterocycles. The summed E-state index contributed by atoms with van der Waals surface area (Å²) in [6.45, 7) is 9.21. The van der Waals surface area contributed by atoms with Crippen molar-refractivity contribution in [1.82, 2.24) is 0 Å². The summed E-state index contributed by atoms with van der Waals surface area (Å²) in [6, 6.07) is 16.5. The second kappa shape index (κ2) is 10.5. The van der Waals surface area contributed by atoms with E-state index in [1.54, 1.807) is 0 Å². The highest BCUT2D eigenvalue weighted by Crippen LogP contribution is 2.19. The number of benzene rings is 2. The monoisotopic (exact) mass is 411 g/mol. The summed E-state index contributed by atoms with van der Waals surface area (Å²) in [4.78, 5) is 18.5. The Morgan fingerprint density at radius 3 is 2.30 bits per heavy atom. The molecular weight excluding hydrogens is 376 g/mol. The van der Waals surface area contributed by atoms with Crippen LogP contribution in [0.1, 0.15) is 19.4 Å². The first-order chi connectivity index (χ1) is 14.5. The zero-order valence-corrected chi connectivity index (χ0v) is 18.6. The predicted octanol–water partition coefficient (Wildman–Crippen LogP) is 2.02. The summed E-state index contributed by atoms with van der Waals surface area (Å²) in [7, 11) is 4.08. The van der Waals surface area contributed by atoms with Crippen molar-refractivity contribution in [2.24, 2.45) is 0 Å². The first-order valence-electron chi connectivity index (χ1n) is 10.8. The lowest BCUT2D eigenvalue weighted by Gasteiger charge is -2.29. The summed E-state index contributed by atoms with van der Waals surface area (Å²) in [6.07, 6.45) is 0. The molecule has 0 aromatic heterocycles. The van der Waals surface area contributed by atoms with Crippen LogP contribution in [-0.4, -0.2) is 58.9 Å². The molecule has 30 heavy (non-hydrogen) atoms. The van der Waals surface area contributed by atoms with E-state index >= 15 is 0 Å². The Hall–Kier alpha value is -2.57. The lowest BCUT2D eigenvalue weighted by atomic mass is 10.1. The maximum Gasteiger partial charge on any atom is 0.282 e. The largest absolute Gasteiger partial charge is 0.378 e. The topological polar surface area (TPSA) is 49.2 Å². The quantitative estimate of drug-likeness (QED) is 0.698. The number of rotatable bonds is 8. The van der Waals surface area contributed by atoms with E-state index in [4.69, 9.17) is 4.74 Å². The number of likely N-dealkylation sites (N-methyl/N-ethyl adjacent to an activating group) is 1. The molecule has 3 rings (SSSR count). The Kier molecular flexibility index (Phi) is 7.71. The van der Waals surface area contributed by atoms with Gasteiger partial charge in [0.25, 0.3) is 5.91 Å². The molecule has 2 N–H and O–H groups in total. The minimum atomic E-state index is -0.137. The molecule has 2 atom stereocenters. The van der Waals surface area contributed by atoms with Crippen molar-refractivity contribution in [3.05, 3.63) is 54.1 Å². The Labute approximate surface area is 180 Å². The Morgan fingerprint density at radius 2 is 1.73 bits per heavy atom. The summed E-state index contributed by atoms with van der Waals surface area (Å²) in [5, 5.41) is 3.09. The lowest BCUT2D eigenvalue weighted by molar-refractivity contribution is -0.925. The average Bonchev–Trinajstić information content (AvgIpc) is 2.78. The second-order valence-corrected chi connectivity index (χ2v) is 8.11. The average molecular weight is 412 g/mol. The molecule has 1 amide bonds. The molecule has 0 bridgehead atoms. The number of nitrogens with zero attached hydrogens (tertiary/aromatic N) is 2. The molecule has 2 aromatic carbocycles. The van der Waals surface area contributed by atoms with Crippen molar-refractivity contribution in [3.63, 3.8) is 0 Å². The fraction of sp³-hybridized carbons (Fsp3) is 0.458. The van der Waals surface area contributed by atoms with Gasteiger partial charge in [-0.2, -0.15) is 0 Å². The molecule has 0 spiro atoms. The lowest BCUT2D eigenvalue weighted by Crippen LogP contribution is -3.15. The van der Waals surface area contributed by atoms with Crippen molar-refractivity contribution >= 4 is 23.0 Å². The van der Waals surface area contributed by atoms with Gasteiger partial charge in [0.1, 0.15) is 6.54 Å². The Morgan fingerprint density at radius 1 is 1.10 bits per heavy atom. The molecule has 2 aromatic rings. The number of ether oxygens (including phenoxy) is 1. The van der Waals surface area contributed by atoms with Crippen LogP contribution in [0.4, 0.5) is 17.1 Å². The van der Waals surface area contributed by atoms with E-state index in [2.05, 4.69) is 58.4 Å². The van der Waals surface area contributed by atoms with Gasteiger partial charge in [0.15, 0.2) is 6.04 Å². The molecule has 1 aliphatic heterocycles. The fourth-order valence-electron chi connectivity index (χ4n) is 3.77. The van der Waals surface area contributed by atoms with Crippen molar-refractivity contribution in [3.8, 4) is 0 Å². The van der Waals surface area contributed by atoms with Gasteiger partial charge in [-0.05, 0) is 50.2 Å². The van der Waals surface area contributed by atoms with E-state index in [0.29, 0.717) is 0 Å². The number of carbonyl (C=O) groups is 1. The third kappa shape index (κ3) is 5.74. The van der Waals surface area contributed by atoms with Crippen LogP contribution in [0.3, 0.4) is 0 Å². The number of quaternary nitrogens is 1. The number of nitrogens with one attached hydrogen (secondary N) is 2. The Balaban J connectivity index is 1.57. The number of anilines is 3.